The standard InChI is InChI=1S/C16H13N3S/c1-10-3-6-14-15(7-10)19-16(18-14)12(9-17)8-13-5-4-11(2)20-13/h3-8H,1-2H3,(H,18,19)/b12-8-. The van der Waals surface area contributed by atoms with E-state index in [0.29, 0.717) is 11.4 Å². The number of nitrogens with one attached hydrogen (secondary N) is 1. The summed E-state index contributed by atoms with van der Waals surface area (Å²) >= 11 is 1.67. The summed E-state index contributed by atoms with van der Waals surface area (Å²) in [4.78, 5) is 10.00. The second-order valence-electron chi connectivity index (χ2n) is 4.72. The Labute approximate surface area is 121 Å². The topological polar surface area (TPSA) is 52.5 Å². The number of aromatic amines is 1. The van der Waals surface area contributed by atoms with E-state index in [1.807, 2.05) is 43.3 Å². The molecule has 0 fully saturated rings. The van der Waals surface area contributed by atoms with Crippen LogP contribution in [0.3, 0.4) is 0 Å². The summed E-state index contributed by atoms with van der Waals surface area (Å²) in [5.41, 5.74) is 3.57. The summed E-state index contributed by atoms with van der Waals surface area (Å²) in [5.74, 6) is 0.624. The maximum absolute atomic E-state index is 9.35. The van der Waals surface area contributed by atoms with Crippen molar-refractivity contribution in [3.63, 3.8) is 0 Å². The molecule has 1 N–H and O–H groups in total. The van der Waals surface area contributed by atoms with Crippen LogP contribution < -0.4 is 0 Å². The smallest absolute Gasteiger partial charge is 0.149 e. The predicted molar refractivity (Wildman–Crippen MR) is 83.4 cm³/mol. The molecule has 0 spiro atoms. The number of hydrogen-bond donors (Lipinski definition) is 1. The molecule has 0 saturated heterocycles. The highest BCUT2D eigenvalue weighted by molar-refractivity contribution is 7.12. The first-order valence-corrected chi connectivity index (χ1v) is 7.12. The summed E-state index contributed by atoms with van der Waals surface area (Å²) in [5, 5.41) is 9.35. The van der Waals surface area contributed by atoms with Gasteiger partial charge in [0.2, 0.25) is 0 Å². The molecule has 0 atom stereocenters. The van der Waals surface area contributed by atoms with Gasteiger partial charge >= 0.3 is 0 Å². The fourth-order valence-corrected chi connectivity index (χ4v) is 2.90. The molecule has 0 aliphatic carbocycles. The van der Waals surface area contributed by atoms with Crippen molar-refractivity contribution >= 4 is 34.0 Å². The van der Waals surface area contributed by atoms with Crippen molar-refractivity contribution in [2.75, 3.05) is 0 Å². The van der Waals surface area contributed by atoms with E-state index in [4.69, 9.17) is 0 Å². The summed E-state index contributed by atoms with van der Waals surface area (Å²) in [6, 6.07) is 12.3. The Morgan fingerprint density at radius 1 is 1.30 bits per heavy atom. The average molecular weight is 279 g/mol. The molecule has 0 radical (unpaired) electrons. The van der Waals surface area contributed by atoms with Crippen LogP contribution in [0, 0.1) is 25.2 Å². The van der Waals surface area contributed by atoms with Gasteiger partial charge in [-0.3, -0.25) is 0 Å². The van der Waals surface area contributed by atoms with Gasteiger partial charge in [-0.05, 0) is 49.8 Å². The maximum atomic E-state index is 9.35. The minimum absolute atomic E-state index is 0.556. The van der Waals surface area contributed by atoms with Crippen molar-refractivity contribution in [1.82, 2.24) is 9.97 Å². The Morgan fingerprint density at radius 2 is 2.15 bits per heavy atom. The molecular weight excluding hydrogens is 266 g/mol. The molecule has 98 valence electrons. The molecule has 0 amide bonds. The van der Waals surface area contributed by atoms with E-state index < -0.39 is 0 Å². The minimum Gasteiger partial charge on any atom is -0.337 e. The summed E-state index contributed by atoms with van der Waals surface area (Å²) < 4.78 is 0. The van der Waals surface area contributed by atoms with E-state index in [-0.39, 0.29) is 0 Å². The van der Waals surface area contributed by atoms with Crippen LogP contribution in [0.1, 0.15) is 21.1 Å². The second-order valence-corrected chi connectivity index (χ2v) is 6.04. The second kappa shape index (κ2) is 4.95. The minimum atomic E-state index is 0.556. The first kappa shape index (κ1) is 12.6. The number of rotatable bonds is 2. The Hall–Kier alpha value is -2.38. The van der Waals surface area contributed by atoms with E-state index in [1.165, 1.54) is 10.4 Å². The summed E-state index contributed by atoms with van der Waals surface area (Å²) in [6.45, 7) is 4.09. The molecule has 2 aromatic heterocycles. The third-order valence-corrected chi connectivity index (χ3v) is 4.01. The third kappa shape index (κ3) is 2.36. The molecule has 1 aromatic carbocycles. The SMILES string of the molecule is Cc1ccc2nc(/C(C#N)=C\c3ccc(C)s3)[nH]c2c1. The van der Waals surface area contributed by atoms with Crippen LogP contribution in [-0.4, -0.2) is 9.97 Å². The number of hydrogen-bond acceptors (Lipinski definition) is 3. The fourth-order valence-electron chi connectivity index (χ4n) is 2.08. The average Bonchev–Trinajstić information content (AvgIpc) is 3.01. The lowest BCUT2D eigenvalue weighted by atomic mass is 10.2. The van der Waals surface area contributed by atoms with Crippen LogP contribution in [0.25, 0.3) is 22.7 Å². The molecule has 3 rings (SSSR count). The molecule has 0 bridgehead atoms. The number of imidazole rings is 1. The molecule has 20 heavy (non-hydrogen) atoms. The zero-order chi connectivity index (χ0) is 14.1. The summed E-state index contributed by atoms with van der Waals surface area (Å²) in [7, 11) is 0. The van der Waals surface area contributed by atoms with Gasteiger partial charge in [-0.1, -0.05) is 6.07 Å². The Morgan fingerprint density at radius 3 is 2.85 bits per heavy atom. The first-order chi connectivity index (χ1) is 9.65. The molecule has 0 unspecified atom stereocenters. The number of nitrogens with zero attached hydrogens (tertiary/aromatic N) is 2. The quantitative estimate of drug-likeness (QED) is 0.711. The molecule has 0 aliphatic rings. The van der Waals surface area contributed by atoms with Crippen molar-refractivity contribution in [1.29, 1.82) is 5.26 Å². The van der Waals surface area contributed by atoms with E-state index >= 15 is 0 Å². The fraction of sp³-hybridized carbons (Fsp3) is 0.125. The number of allylic oxidation sites excluding steroid dienone is 1. The van der Waals surface area contributed by atoms with Crippen molar-refractivity contribution in [3.05, 3.63) is 51.5 Å². The number of nitriles is 1. The highest BCUT2D eigenvalue weighted by Crippen LogP contribution is 2.23. The highest BCUT2D eigenvalue weighted by Gasteiger charge is 2.08. The van der Waals surface area contributed by atoms with Gasteiger partial charge in [-0.15, -0.1) is 11.3 Å². The van der Waals surface area contributed by atoms with Crippen LogP contribution in [0.4, 0.5) is 0 Å². The Bertz CT molecular complexity index is 846. The predicted octanol–water partition coefficient (Wildman–Crippen LogP) is 4.31. The number of benzene rings is 1. The number of aryl methyl sites for hydroxylation is 2. The van der Waals surface area contributed by atoms with E-state index in [9.17, 15) is 5.26 Å². The van der Waals surface area contributed by atoms with Crippen molar-refractivity contribution in [3.8, 4) is 6.07 Å². The molecule has 4 heteroatoms. The zero-order valence-corrected chi connectivity index (χ0v) is 12.1. The largest absolute Gasteiger partial charge is 0.337 e. The van der Waals surface area contributed by atoms with Crippen LogP contribution >= 0.6 is 11.3 Å². The first-order valence-electron chi connectivity index (χ1n) is 6.31. The van der Waals surface area contributed by atoms with E-state index in [2.05, 4.69) is 23.0 Å². The Balaban J connectivity index is 2.07. The maximum Gasteiger partial charge on any atom is 0.149 e. The summed E-state index contributed by atoms with van der Waals surface area (Å²) in [6.07, 6.45) is 1.88. The zero-order valence-electron chi connectivity index (χ0n) is 11.3. The number of thiophene rings is 1. The lowest BCUT2D eigenvalue weighted by molar-refractivity contribution is 1.27. The molecule has 3 aromatic rings. The van der Waals surface area contributed by atoms with Gasteiger partial charge in [0.05, 0.1) is 16.6 Å². The lowest BCUT2D eigenvalue weighted by Crippen LogP contribution is -1.83. The van der Waals surface area contributed by atoms with Gasteiger partial charge < -0.3 is 4.98 Å². The third-order valence-electron chi connectivity index (χ3n) is 3.06. The lowest BCUT2D eigenvalue weighted by Gasteiger charge is -1.91. The van der Waals surface area contributed by atoms with E-state index in [1.54, 1.807) is 11.3 Å². The van der Waals surface area contributed by atoms with Gasteiger partial charge in [0.15, 0.2) is 0 Å². The van der Waals surface area contributed by atoms with Gasteiger partial charge in [0.25, 0.3) is 0 Å². The van der Waals surface area contributed by atoms with E-state index in [0.717, 1.165) is 15.9 Å². The van der Waals surface area contributed by atoms with Crippen molar-refractivity contribution in [2.24, 2.45) is 0 Å². The van der Waals surface area contributed by atoms with Crippen LogP contribution in [0.15, 0.2) is 30.3 Å². The van der Waals surface area contributed by atoms with Gasteiger partial charge in [0, 0.05) is 9.75 Å². The molecule has 2 heterocycles. The van der Waals surface area contributed by atoms with Crippen LogP contribution in [0.2, 0.25) is 0 Å². The van der Waals surface area contributed by atoms with Gasteiger partial charge in [-0.2, -0.15) is 5.26 Å². The normalized spacial score (nSPS) is 11.8. The number of aromatic nitrogens is 2. The van der Waals surface area contributed by atoms with Gasteiger partial charge in [0.1, 0.15) is 11.9 Å². The molecule has 0 aliphatic heterocycles. The monoisotopic (exact) mass is 279 g/mol. The highest BCUT2D eigenvalue weighted by atomic mass is 32.1. The Kier molecular flexibility index (Phi) is 3.13. The molecular formula is C16H13N3S. The molecule has 3 nitrogen and oxygen atoms in total. The van der Waals surface area contributed by atoms with Crippen LogP contribution in [0.5, 0.6) is 0 Å². The number of fused-ring (bicyclic) bond motifs is 1. The van der Waals surface area contributed by atoms with Crippen molar-refractivity contribution in [2.45, 2.75) is 13.8 Å². The molecule has 0 saturated carbocycles. The number of H-pyrrole nitrogens is 1. The van der Waals surface area contributed by atoms with Crippen LogP contribution in [-0.2, 0) is 0 Å². The van der Waals surface area contributed by atoms with Crippen molar-refractivity contribution < 1.29 is 0 Å². The van der Waals surface area contributed by atoms with Gasteiger partial charge in [-0.25, -0.2) is 4.98 Å².